The van der Waals surface area contributed by atoms with E-state index in [2.05, 4.69) is 22.6 Å². The molecule has 1 amide bonds. The first kappa shape index (κ1) is 23.5. The zero-order valence-electron chi connectivity index (χ0n) is 16.8. The summed E-state index contributed by atoms with van der Waals surface area (Å²) in [4.78, 5) is 25.2. The van der Waals surface area contributed by atoms with Crippen LogP contribution in [0.25, 0.3) is 6.08 Å². The number of thiocarbonyl (C=S) groups is 1. The number of carbonyl (C=O) groups is 1. The van der Waals surface area contributed by atoms with E-state index in [0.717, 1.165) is 15.6 Å². The van der Waals surface area contributed by atoms with Crippen LogP contribution in [-0.4, -0.2) is 28.4 Å². The average molecular weight is 570 g/mol. The average Bonchev–Trinajstić information content (AvgIpc) is 3.00. The van der Waals surface area contributed by atoms with Crippen LogP contribution in [0, 0.1) is 13.7 Å². The van der Waals surface area contributed by atoms with E-state index in [1.54, 1.807) is 6.08 Å². The number of thioether (sulfide) groups is 1. The van der Waals surface area contributed by atoms with Gasteiger partial charge in [-0.05, 0) is 71.8 Å². The summed E-state index contributed by atoms with van der Waals surface area (Å²) in [5, 5.41) is 10.9. The number of anilines is 1. The molecule has 3 rings (SSSR count). The van der Waals surface area contributed by atoms with Gasteiger partial charge < -0.3 is 9.47 Å². The lowest BCUT2D eigenvalue weighted by Gasteiger charge is -2.15. The molecule has 0 N–H and O–H groups in total. The van der Waals surface area contributed by atoms with Gasteiger partial charge in [-0.25, -0.2) is 0 Å². The number of amides is 1. The number of nitro benzene ring substituents is 1. The van der Waals surface area contributed by atoms with Gasteiger partial charge in [0.05, 0.1) is 32.3 Å². The predicted molar refractivity (Wildman–Crippen MR) is 135 cm³/mol. The van der Waals surface area contributed by atoms with Gasteiger partial charge in [0.15, 0.2) is 15.8 Å². The van der Waals surface area contributed by atoms with Crippen LogP contribution in [0.5, 0.6) is 11.5 Å². The van der Waals surface area contributed by atoms with E-state index in [1.807, 2.05) is 26.0 Å². The monoisotopic (exact) mass is 570 g/mol. The summed E-state index contributed by atoms with van der Waals surface area (Å²) in [7, 11) is 0. The number of hydrogen-bond donors (Lipinski definition) is 0. The summed E-state index contributed by atoms with van der Waals surface area (Å²) in [5.41, 5.74) is 1.23. The van der Waals surface area contributed by atoms with Crippen LogP contribution in [-0.2, 0) is 4.79 Å². The minimum absolute atomic E-state index is 0.0480. The first-order valence-electron chi connectivity index (χ1n) is 9.47. The van der Waals surface area contributed by atoms with Crippen molar-refractivity contribution in [1.29, 1.82) is 0 Å². The van der Waals surface area contributed by atoms with Crippen LogP contribution < -0.4 is 14.4 Å². The van der Waals surface area contributed by atoms with Crippen molar-refractivity contribution in [3.63, 3.8) is 0 Å². The molecule has 1 aliphatic heterocycles. The van der Waals surface area contributed by atoms with Gasteiger partial charge in [-0.2, -0.15) is 0 Å². The SMILES string of the molecule is CCCOc1c(I)cc(/C=C2/SC(=S)N(c3ccc([N+](=O)[O-])cc3)C2=O)cc1OCC. The fourth-order valence-electron chi connectivity index (χ4n) is 2.84. The molecular weight excluding hydrogens is 551 g/mol. The van der Waals surface area contributed by atoms with Gasteiger partial charge in [0.1, 0.15) is 0 Å². The van der Waals surface area contributed by atoms with Crippen molar-refractivity contribution >= 4 is 74.2 Å². The molecule has 10 heteroatoms. The first-order valence-corrected chi connectivity index (χ1v) is 11.8. The number of nitrogens with zero attached hydrogens (tertiary/aromatic N) is 2. The highest BCUT2D eigenvalue weighted by Crippen LogP contribution is 2.39. The lowest BCUT2D eigenvalue weighted by molar-refractivity contribution is -0.384. The van der Waals surface area contributed by atoms with E-state index >= 15 is 0 Å². The molecule has 1 aliphatic rings. The molecule has 1 saturated heterocycles. The van der Waals surface area contributed by atoms with Gasteiger partial charge in [0.2, 0.25) is 0 Å². The number of rotatable bonds is 8. The van der Waals surface area contributed by atoms with Crippen LogP contribution >= 0.6 is 46.6 Å². The standard InChI is InChI=1S/C21H19IN2O5S2/c1-3-9-29-19-16(22)10-13(11-17(19)28-4-2)12-18-20(25)23(21(30)31-18)14-5-7-15(8-6-14)24(26)27/h5-8,10-12H,3-4,9H2,1-2H3/b18-12+. The number of carbonyl (C=O) groups excluding carboxylic acids is 1. The van der Waals surface area contributed by atoms with Crippen molar-refractivity contribution < 1.29 is 19.2 Å². The number of halogens is 1. The summed E-state index contributed by atoms with van der Waals surface area (Å²) in [5.74, 6) is 1.04. The molecule has 0 aliphatic carbocycles. The number of ether oxygens (including phenoxy) is 2. The molecule has 0 aromatic heterocycles. The molecule has 1 fully saturated rings. The van der Waals surface area contributed by atoms with Crippen LogP contribution in [0.3, 0.4) is 0 Å². The quantitative estimate of drug-likeness (QED) is 0.131. The molecule has 7 nitrogen and oxygen atoms in total. The second-order valence-electron chi connectivity index (χ2n) is 6.40. The third kappa shape index (κ3) is 5.36. The van der Waals surface area contributed by atoms with Crippen molar-refractivity contribution in [2.45, 2.75) is 20.3 Å². The Kier molecular flexibility index (Phi) is 7.89. The third-order valence-corrected chi connectivity index (χ3v) is 6.30. The molecule has 2 aromatic rings. The Morgan fingerprint density at radius 2 is 1.94 bits per heavy atom. The number of nitro groups is 1. The predicted octanol–water partition coefficient (Wildman–Crippen LogP) is 5.79. The summed E-state index contributed by atoms with van der Waals surface area (Å²) in [6.45, 7) is 5.01. The topological polar surface area (TPSA) is 81.9 Å². The highest BCUT2D eigenvalue weighted by molar-refractivity contribution is 14.1. The Hall–Kier alpha value is -2.18. The molecule has 1 heterocycles. The van der Waals surface area contributed by atoms with Gasteiger partial charge in [0, 0.05) is 12.1 Å². The van der Waals surface area contributed by atoms with E-state index in [9.17, 15) is 14.9 Å². The Morgan fingerprint density at radius 1 is 1.23 bits per heavy atom. The maximum absolute atomic E-state index is 13.0. The zero-order valence-corrected chi connectivity index (χ0v) is 20.6. The van der Waals surface area contributed by atoms with E-state index in [1.165, 1.54) is 40.9 Å². The molecule has 0 bridgehead atoms. The maximum atomic E-state index is 13.0. The molecule has 0 spiro atoms. The van der Waals surface area contributed by atoms with Crippen molar-refractivity contribution in [1.82, 2.24) is 0 Å². The zero-order chi connectivity index (χ0) is 22.5. The summed E-state index contributed by atoms with van der Waals surface area (Å²) < 4.78 is 12.8. The number of benzene rings is 2. The van der Waals surface area contributed by atoms with E-state index in [4.69, 9.17) is 21.7 Å². The van der Waals surface area contributed by atoms with Crippen LogP contribution in [0.1, 0.15) is 25.8 Å². The fraction of sp³-hybridized carbons (Fsp3) is 0.238. The van der Waals surface area contributed by atoms with Crippen molar-refractivity contribution in [2.75, 3.05) is 18.1 Å². The summed E-state index contributed by atoms with van der Waals surface area (Å²) in [6.07, 6.45) is 2.65. The Morgan fingerprint density at radius 3 is 2.55 bits per heavy atom. The Balaban J connectivity index is 1.90. The number of non-ortho nitro benzene ring substituents is 1. The second kappa shape index (κ2) is 10.4. The maximum Gasteiger partial charge on any atom is 0.270 e. The highest BCUT2D eigenvalue weighted by atomic mass is 127. The molecular formula is C21H19IN2O5S2. The first-order chi connectivity index (χ1) is 14.8. The normalized spacial score (nSPS) is 14.9. The molecule has 0 unspecified atom stereocenters. The van der Waals surface area contributed by atoms with E-state index in [0.29, 0.717) is 39.6 Å². The van der Waals surface area contributed by atoms with Crippen molar-refractivity contribution in [3.05, 3.63) is 60.6 Å². The van der Waals surface area contributed by atoms with Crippen molar-refractivity contribution in [2.24, 2.45) is 0 Å². The molecule has 0 saturated carbocycles. The van der Waals surface area contributed by atoms with Crippen LogP contribution in [0.4, 0.5) is 11.4 Å². The summed E-state index contributed by atoms with van der Waals surface area (Å²) >= 11 is 8.76. The van der Waals surface area contributed by atoms with Crippen molar-refractivity contribution in [3.8, 4) is 11.5 Å². The van der Waals surface area contributed by atoms with Gasteiger partial charge in [-0.1, -0.05) is 30.9 Å². The molecule has 0 radical (unpaired) electrons. The van der Waals surface area contributed by atoms with Crippen LogP contribution in [0.15, 0.2) is 41.3 Å². The van der Waals surface area contributed by atoms with Gasteiger partial charge >= 0.3 is 0 Å². The highest BCUT2D eigenvalue weighted by Gasteiger charge is 2.33. The Bertz CT molecular complexity index is 1060. The van der Waals surface area contributed by atoms with E-state index < -0.39 is 4.92 Å². The smallest absolute Gasteiger partial charge is 0.270 e. The van der Waals surface area contributed by atoms with Crippen LogP contribution in [0.2, 0.25) is 0 Å². The Labute approximate surface area is 203 Å². The molecule has 0 atom stereocenters. The minimum Gasteiger partial charge on any atom is -0.490 e. The largest absolute Gasteiger partial charge is 0.490 e. The number of hydrogen-bond acceptors (Lipinski definition) is 7. The molecule has 31 heavy (non-hydrogen) atoms. The molecule has 162 valence electrons. The summed E-state index contributed by atoms with van der Waals surface area (Å²) in [6, 6.07) is 9.50. The van der Waals surface area contributed by atoms with Gasteiger partial charge in [-0.15, -0.1) is 0 Å². The van der Waals surface area contributed by atoms with Gasteiger partial charge in [-0.3, -0.25) is 19.8 Å². The minimum atomic E-state index is -0.487. The molecule has 2 aromatic carbocycles. The fourth-order valence-corrected chi connectivity index (χ4v) is 4.92. The van der Waals surface area contributed by atoms with Gasteiger partial charge in [0.25, 0.3) is 11.6 Å². The van der Waals surface area contributed by atoms with E-state index in [-0.39, 0.29) is 11.6 Å². The lowest BCUT2D eigenvalue weighted by Crippen LogP contribution is -2.27. The lowest BCUT2D eigenvalue weighted by atomic mass is 10.1. The second-order valence-corrected chi connectivity index (χ2v) is 9.24. The third-order valence-electron chi connectivity index (χ3n) is 4.19.